The summed E-state index contributed by atoms with van der Waals surface area (Å²) in [5, 5.41) is 0.219. The van der Waals surface area contributed by atoms with Crippen LogP contribution in [0.3, 0.4) is 0 Å². The summed E-state index contributed by atoms with van der Waals surface area (Å²) in [6.07, 6.45) is 0. The highest BCUT2D eigenvalue weighted by Crippen LogP contribution is 2.34. The lowest BCUT2D eigenvalue weighted by atomic mass is 10.1. The van der Waals surface area contributed by atoms with E-state index in [1.165, 1.54) is 5.56 Å². The maximum absolute atomic E-state index is 12.8. The third kappa shape index (κ3) is 3.97. The molecule has 1 saturated heterocycles. The minimum atomic E-state index is -3.28. The van der Waals surface area contributed by atoms with Gasteiger partial charge in [-0.1, -0.05) is 54.6 Å². The Balaban J connectivity index is 1.76. The van der Waals surface area contributed by atoms with Crippen molar-refractivity contribution in [1.29, 1.82) is 0 Å². The minimum Gasteiger partial charge on any atom is -0.212 e. The molecule has 122 valence electrons. The zero-order valence-corrected chi connectivity index (χ0v) is 14.8. The summed E-state index contributed by atoms with van der Waals surface area (Å²) in [7, 11) is -3.28. The van der Waals surface area contributed by atoms with Crippen LogP contribution in [0.2, 0.25) is 0 Å². The summed E-state index contributed by atoms with van der Waals surface area (Å²) in [5.74, 6) is 0.929. The Kier molecular flexibility index (Phi) is 5.09. The average molecular weight is 348 g/mol. The maximum Gasteiger partial charge on any atom is 0.218 e. The van der Waals surface area contributed by atoms with Gasteiger partial charge in [0.2, 0.25) is 10.0 Å². The van der Waals surface area contributed by atoms with Crippen molar-refractivity contribution >= 4 is 21.8 Å². The van der Waals surface area contributed by atoms with E-state index in [-0.39, 0.29) is 11.0 Å². The molecule has 1 heterocycles. The van der Waals surface area contributed by atoms with E-state index in [0.29, 0.717) is 13.1 Å². The van der Waals surface area contributed by atoms with Crippen LogP contribution in [-0.2, 0) is 15.8 Å². The van der Waals surface area contributed by atoms with E-state index in [9.17, 15) is 8.42 Å². The smallest absolute Gasteiger partial charge is 0.212 e. The van der Waals surface area contributed by atoms with Crippen LogP contribution in [-0.4, -0.2) is 31.6 Å². The van der Waals surface area contributed by atoms with Crippen molar-refractivity contribution in [3.05, 3.63) is 71.3 Å². The first-order valence-corrected chi connectivity index (χ1v) is 10.4. The van der Waals surface area contributed by atoms with Gasteiger partial charge in [0.15, 0.2) is 0 Å². The molecule has 1 aliphatic heterocycles. The summed E-state index contributed by atoms with van der Waals surface area (Å²) in [6, 6.07) is 17.9. The number of benzene rings is 2. The van der Waals surface area contributed by atoms with Gasteiger partial charge < -0.3 is 0 Å². The second-order valence-corrected chi connectivity index (χ2v) is 9.09. The molecule has 0 radical (unpaired) electrons. The van der Waals surface area contributed by atoms with E-state index in [1.807, 2.05) is 61.2 Å². The van der Waals surface area contributed by atoms with Crippen LogP contribution in [0, 0.1) is 6.92 Å². The summed E-state index contributed by atoms with van der Waals surface area (Å²) in [6.45, 7) is 3.12. The molecule has 0 aliphatic carbocycles. The van der Waals surface area contributed by atoms with Crippen molar-refractivity contribution in [1.82, 2.24) is 4.31 Å². The molecule has 1 unspecified atom stereocenters. The SMILES string of the molecule is Cc1ccccc1CS(=O)(=O)N1CCSC(c2ccccc2)C1. The van der Waals surface area contributed by atoms with E-state index in [0.717, 1.165) is 16.9 Å². The first kappa shape index (κ1) is 16.6. The molecule has 3 nitrogen and oxygen atoms in total. The predicted octanol–water partition coefficient (Wildman–Crippen LogP) is 3.61. The topological polar surface area (TPSA) is 37.4 Å². The second kappa shape index (κ2) is 7.07. The van der Waals surface area contributed by atoms with E-state index in [4.69, 9.17) is 0 Å². The number of thioether (sulfide) groups is 1. The van der Waals surface area contributed by atoms with Gasteiger partial charge in [0.1, 0.15) is 0 Å². The lowest BCUT2D eigenvalue weighted by Gasteiger charge is -2.32. The van der Waals surface area contributed by atoms with Gasteiger partial charge in [-0.15, -0.1) is 0 Å². The van der Waals surface area contributed by atoms with E-state index < -0.39 is 10.0 Å². The normalized spacial score (nSPS) is 19.6. The molecule has 0 bridgehead atoms. The molecule has 1 aliphatic rings. The number of sulfonamides is 1. The molecular weight excluding hydrogens is 326 g/mol. The average Bonchev–Trinajstić information content (AvgIpc) is 2.58. The van der Waals surface area contributed by atoms with E-state index in [1.54, 1.807) is 4.31 Å². The van der Waals surface area contributed by atoms with Crippen molar-refractivity contribution < 1.29 is 8.42 Å². The third-order valence-corrected chi connectivity index (χ3v) is 7.23. The number of rotatable bonds is 4. The lowest BCUT2D eigenvalue weighted by molar-refractivity contribution is 0.420. The molecule has 1 fully saturated rings. The van der Waals surface area contributed by atoms with Gasteiger partial charge in [0, 0.05) is 24.1 Å². The van der Waals surface area contributed by atoms with Crippen molar-refractivity contribution in [2.45, 2.75) is 17.9 Å². The number of hydrogen-bond donors (Lipinski definition) is 0. The van der Waals surface area contributed by atoms with Crippen molar-refractivity contribution in [2.24, 2.45) is 0 Å². The van der Waals surface area contributed by atoms with Crippen LogP contribution in [0.25, 0.3) is 0 Å². The van der Waals surface area contributed by atoms with E-state index >= 15 is 0 Å². The molecule has 0 aromatic heterocycles. The van der Waals surface area contributed by atoms with Gasteiger partial charge in [-0.3, -0.25) is 0 Å². The van der Waals surface area contributed by atoms with Crippen molar-refractivity contribution in [3.63, 3.8) is 0 Å². The van der Waals surface area contributed by atoms with Gasteiger partial charge in [0.25, 0.3) is 0 Å². The zero-order valence-electron chi connectivity index (χ0n) is 13.2. The van der Waals surface area contributed by atoms with Crippen LogP contribution in [0.15, 0.2) is 54.6 Å². The van der Waals surface area contributed by atoms with Gasteiger partial charge in [0.05, 0.1) is 5.75 Å². The molecule has 0 saturated carbocycles. The fraction of sp³-hybridized carbons (Fsp3) is 0.333. The number of aryl methyl sites for hydroxylation is 1. The molecule has 2 aromatic rings. The standard InChI is InChI=1S/C18H21NO2S2/c1-15-7-5-6-10-17(15)14-23(20,21)19-11-12-22-18(13-19)16-8-3-2-4-9-16/h2-10,18H,11-14H2,1H3. The minimum absolute atomic E-state index is 0.0891. The first-order chi connectivity index (χ1) is 11.1. The predicted molar refractivity (Wildman–Crippen MR) is 97.0 cm³/mol. The molecule has 5 heteroatoms. The zero-order chi connectivity index (χ0) is 16.3. The largest absolute Gasteiger partial charge is 0.218 e. The molecule has 0 spiro atoms. The monoisotopic (exact) mass is 347 g/mol. The third-order valence-electron chi connectivity index (χ3n) is 4.19. The number of hydrogen-bond acceptors (Lipinski definition) is 3. The highest BCUT2D eigenvalue weighted by molar-refractivity contribution is 7.99. The Labute approximate surface area is 142 Å². The van der Waals surface area contributed by atoms with Crippen LogP contribution in [0.5, 0.6) is 0 Å². The summed E-state index contributed by atoms with van der Waals surface area (Å²) in [4.78, 5) is 0. The van der Waals surface area contributed by atoms with Crippen molar-refractivity contribution in [2.75, 3.05) is 18.8 Å². The van der Waals surface area contributed by atoms with Crippen LogP contribution in [0.1, 0.15) is 21.9 Å². The molecule has 2 aromatic carbocycles. The van der Waals surface area contributed by atoms with Gasteiger partial charge in [-0.25, -0.2) is 8.42 Å². The Morgan fingerprint density at radius 2 is 1.78 bits per heavy atom. The van der Waals surface area contributed by atoms with Gasteiger partial charge >= 0.3 is 0 Å². The van der Waals surface area contributed by atoms with Crippen molar-refractivity contribution in [3.8, 4) is 0 Å². The molecule has 1 atom stereocenters. The second-order valence-electron chi connectivity index (χ2n) is 5.81. The van der Waals surface area contributed by atoms with Crippen LogP contribution < -0.4 is 0 Å². The van der Waals surface area contributed by atoms with E-state index in [2.05, 4.69) is 12.1 Å². The molecule has 0 amide bonds. The fourth-order valence-electron chi connectivity index (χ4n) is 2.81. The summed E-state index contributed by atoms with van der Waals surface area (Å²) >= 11 is 1.84. The van der Waals surface area contributed by atoms with Crippen LogP contribution in [0.4, 0.5) is 0 Å². The number of nitrogens with zero attached hydrogens (tertiary/aromatic N) is 1. The molecular formula is C18H21NO2S2. The Morgan fingerprint density at radius 3 is 2.52 bits per heavy atom. The van der Waals surface area contributed by atoms with Gasteiger partial charge in [-0.2, -0.15) is 16.1 Å². The first-order valence-electron chi connectivity index (χ1n) is 7.75. The Hall–Kier alpha value is -1.30. The summed E-state index contributed by atoms with van der Waals surface area (Å²) < 4.78 is 27.3. The fourth-order valence-corrected chi connectivity index (χ4v) is 5.91. The van der Waals surface area contributed by atoms with Crippen LogP contribution >= 0.6 is 11.8 Å². The van der Waals surface area contributed by atoms with Gasteiger partial charge in [-0.05, 0) is 23.6 Å². The molecule has 0 N–H and O–H groups in total. The Morgan fingerprint density at radius 1 is 1.09 bits per heavy atom. The Bertz CT molecular complexity index is 760. The molecule has 3 rings (SSSR count). The molecule has 23 heavy (non-hydrogen) atoms. The summed E-state index contributed by atoms with van der Waals surface area (Å²) in [5.41, 5.74) is 3.12. The highest BCUT2D eigenvalue weighted by atomic mass is 32.2. The lowest BCUT2D eigenvalue weighted by Crippen LogP contribution is -2.39. The highest BCUT2D eigenvalue weighted by Gasteiger charge is 2.30. The quantitative estimate of drug-likeness (QED) is 0.848. The maximum atomic E-state index is 12.8.